The van der Waals surface area contributed by atoms with Gasteiger partial charge in [-0.15, -0.1) is 0 Å². The fraction of sp³-hybridized carbons (Fsp3) is 0.778. The molecule has 1 heterocycles. The molecule has 0 spiro atoms. The molecule has 1 rings (SSSR count). The van der Waals surface area contributed by atoms with Crippen LogP contribution in [-0.4, -0.2) is 54.2 Å². The number of likely N-dealkylation sites (tertiary alicyclic amines) is 1. The minimum Gasteiger partial charge on any atom is -0.469 e. The number of esters is 1. The molecule has 1 amide bonds. The molecule has 2 atom stereocenters. The molecule has 94 valence electrons. The number of amides is 1. The highest BCUT2D eigenvalue weighted by atomic mass is 16.5. The molecular formula is C9H14N4O4. The summed E-state index contributed by atoms with van der Waals surface area (Å²) in [4.78, 5) is 26.5. The number of aliphatic hydroxyl groups excluding tert-OH is 1. The highest BCUT2D eigenvalue weighted by Crippen LogP contribution is 2.15. The lowest BCUT2D eigenvalue weighted by Gasteiger charge is -2.14. The molecule has 0 aliphatic carbocycles. The van der Waals surface area contributed by atoms with Gasteiger partial charge in [-0.25, -0.2) is 0 Å². The summed E-state index contributed by atoms with van der Waals surface area (Å²) in [6.07, 6.45) is -0.802. The highest BCUT2D eigenvalue weighted by molar-refractivity contribution is 5.81. The van der Waals surface area contributed by atoms with Crippen molar-refractivity contribution in [2.45, 2.75) is 25.0 Å². The molecule has 8 nitrogen and oxygen atoms in total. The van der Waals surface area contributed by atoms with Crippen LogP contribution in [0.15, 0.2) is 5.11 Å². The van der Waals surface area contributed by atoms with Crippen LogP contribution in [0.4, 0.5) is 0 Å². The normalized spacial score (nSPS) is 23.1. The van der Waals surface area contributed by atoms with Gasteiger partial charge in [0, 0.05) is 24.4 Å². The number of carbonyl (C=O) groups excluding carboxylic acids is 2. The van der Waals surface area contributed by atoms with Gasteiger partial charge in [-0.1, -0.05) is 5.11 Å². The summed E-state index contributed by atoms with van der Waals surface area (Å²) < 4.78 is 4.42. The average Bonchev–Trinajstić information content (AvgIpc) is 2.68. The molecule has 1 aliphatic heterocycles. The molecule has 1 saturated heterocycles. The third-order valence-electron chi connectivity index (χ3n) is 2.58. The van der Waals surface area contributed by atoms with Crippen molar-refractivity contribution in [3.8, 4) is 0 Å². The van der Waals surface area contributed by atoms with Crippen molar-refractivity contribution < 1.29 is 19.4 Å². The van der Waals surface area contributed by atoms with Gasteiger partial charge in [0.25, 0.3) is 0 Å². The van der Waals surface area contributed by atoms with Crippen LogP contribution in [0.25, 0.3) is 10.4 Å². The second-order valence-electron chi connectivity index (χ2n) is 3.71. The van der Waals surface area contributed by atoms with E-state index < -0.39 is 18.1 Å². The van der Waals surface area contributed by atoms with Crippen LogP contribution < -0.4 is 0 Å². The van der Waals surface area contributed by atoms with Gasteiger partial charge < -0.3 is 14.7 Å². The Morgan fingerprint density at radius 1 is 1.53 bits per heavy atom. The van der Waals surface area contributed by atoms with E-state index >= 15 is 0 Å². The van der Waals surface area contributed by atoms with Crippen LogP contribution in [0, 0.1) is 0 Å². The predicted molar refractivity (Wildman–Crippen MR) is 56.8 cm³/mol. The largest absolute Gasteiger partial charge is 0.469 e. The fourth-order valence-corrected chi connectivity index (χ4v) is 1.62. The number of rotatable bonds is 4. The van der Waals surface area contributed by atoms with E-state index in [1.807, 2.05) is 0 Å². The van der Waals surface area contributed by atoms with Gasteiger partial charge in [-0.3, -0.25) is 9.59 Å². The topological polar surface area (TPSA) is 116 Å². The van der Waals surface area contributed by atoms with Gasteiger partial charge in [-0.2, -0.15) is 0 Å². The molecule has 2 unspecified atom stereocenters. The van der Waals surface area contributed by atoms with Crippen molar-refractivity contribution in [3.05, 3.63) is 10.4 Å². The smallest absolute Gasteiger partial charge is 0.306 e. The summed E-state index contributed by atoms with van der Waals surface area (Å²) in [6.45, 7) is 0.314. The molecule has 0 saturated carbocycles. The van der Waals surface area contributed by atoms with Gasteiger partial charge in [0.05, 0.1) is 25.7 Å². The molecule has 8 heteroatoms. The lowest BCUT2D eigenvalue weighted by atomic mass is 10.2. The monoisotopic (exact) mass is 242 g/mol. The molecule has 1 fully saturated rings. The molecule has 1 N–H and O–H groups in total. The molecule has 0 aromatic heterocycles. The molecule has 0 radical (unpaired) electrons. The first-order valence-electron chi connectivity index (χ1n) is 5.15. The Kier molecular flexibility index (Phi) is 4.74. The number of hydrogen-bond acceptors (Lipinski definition) is 5. The molecule has 0 bridgehead atoms. The van der Waals surface area contributed by atoms with Crippen molar-refractivity contribution in [1.82, 2.24) is 4.90 Å². The molecule has 1 aliphatic rings. The Morgan fingerprint density at radius 2 is 2.24 bits per heavy atom. The van der Waals surface area contributed by atoms with Crippen molar-refractivity contribution in [3.63, 3.8) is 0 Å². The number of ether oxygens (including phenoxy) is 1. The van der Waals surface area contributed by atoms with Gasteiger partial charge in [-0.05, 0) is 5.53 Å². The third-order valence-corrected chi connectivity index (χ3v) is 2.58. The van der Waals surface area contributed by atoms with Gasteiger partial charge in [0.15, 0.2) is 0 Å². The first-order valence-corrected chi connectivity index (χ1v) is 5.15. The Hall–Kier alpha value is -1.79. The molecule has 0 aromatic rings. The third kappa shape index (κ3) is 3.61. The number of β-amino-alcohol motifs (C(OH)–C–C–N with tert-alkyl or cyclic N) is 1. The maximum absolute atomic E-state index is 11.6. The van der Waals surface area contributed by atoms with Crippen LogP contribution in [0.2, 0.25) is 0 Å². The van der Waals surface area contributed by atoms with E-state index in [4.69, 9.17) is 5.53 Å². The van der Waals surface area contributed by atoms with E-state index in [1.165, 1.54) is 12.0 Å². The number of nitrogens with zero attached hydrogens (tertiary/aromatic N) is 4. The number of azide groups is 1. The van der Waals surface area contributed by atoms with Crippen LogP contribution >= 0.6 is 0 Å². The Labute approximate surface area is 97.8 Å². The number of hydrogen-bond donors (Lipinski definition) is 1. The fourth-order valence-electron chi connectivity index (χ4n) is 1.62. The molecular weight excluding hydrogens is 228 g/mol. The first kappa shape index (κ1) is 13.3. The summed E-state index contributed by atoms with van der Waals surface area (Å²) in [5.41, 5.74) is 8.26. The molecule has 17 heavy (non-hydrogen) atoms. The Bertz CT molecular complexity index is 353. The van der Waals surface area contributed by atoms with Crippen molar-refractivity contribution >= 4 is 11.9 Å². The van der Waals surface area contributed by atoms with E-state index in [2.05, 4.69) is 14.8 Å². The summed E-state index contributed by atoms with van der Waals surface area (Å²) in [6, 6.07) is -0.609. The quantitative estimate of drug-likeness (QED) is 0.318. The minimum absolute atomic E-state index is 0.00805. The number of methoxy groups -OCH3 is 1. The Morgan fingerprint density at radius 3 is 2.82 bits per heavy atom. The van der Waals surface area contributed by atoms with E-state index in [0.29, 0.717) is 0 Å². The highest BCUT2D eigenvalue weighted by Gasteiger charge is 2.33. The van der Waals surface area contributed by atoms with Gasteiger partial charge in [0.2, 0.25) is 5.91 Å². The summed E-state index contributed by atoms with van der Waals surface area (Å²) in [5.74, 6) is -0.713. The summed E-state index contributed by atoms with van der Waals surface area (Å²) >= 11 is 0. The number of carbonyl (C=O) groups is 2. The first-order chi connectivity index (χ1) is 8.08. The molecule has 0 aromatic carbocycles. The van der Waals surface area contributed by atoms with Crippen LogP contribution in [-0.2, 0) is 14.3 Å². The summed E-state index contributed by atoms with van der Waals surface area (Å²) in [5, 5.41) is 12.9. The van der Waals surface area contributed by atoms with Crippen LogP contribution in [0.3, 0.4) is 0 Å². The maximum Gasteiger partial charge on any atom is 0.306 e. The summed E-state index contributed by atoms with van der Waals surface area (Å²) in [7, 11) is 1.25. The van der Waals surface area contributed by atoms with Crippen molar-refractivity contribution in [2.75, 3.05) is 20.2 Å². The standard InChI is InChI=1S/C9H14N4O4/c1-17-9(16)3-2-8(15)13-4-6(11-12-10)7(14)5-13/h6-7,14H,2-5H2,1H3. The Balaban J connectivity index is 2.44. The zero-order chi connectivity index (χ0) is 12.8. The van der Waals surface area contributed by atoms with E-state index in [-0.39, 0.29) is 31.8 Å². The van der Waals surface area contributed by atoms with Crippen molar-refractivity contribution in [2.24, 2.45) is 5.11 Å². The van der Waals surface area contributed by atoms with Gasteiger partial charge >= 0.3 is 5.97 Å². The maximum atomic E-state index is 11.6. The van der Waals surface area contributed by atoms with Crippen molar-refractivity contribution in [1.29, 1.82) is 0 Å². The van der Waals surface area contributed by atoms with Gasteiger partial charge in [0.1, 0.15) is 0 Å². The SMILES string of the molecule is COC(=O)CCC(=O)N1CC(O)C(N=[N+]=[N-])C1. The van der Waals surface area contributed by atoms with Crippen LogP contribution in [0.1, 0.15) is 12.8 Å². The predicted octanol–water partition coefficient (Wildman–Crippen LogP) is -0.178. The van der Waals surface area contributed by atoms with E-state index in [0.717, 1.165) is 0 Å². The second kappa shape index (κ2) is 6.07. The zero-order valence-electron chi connectivity index (χ0n) is 9.44. The van der Waals surface area contributed by atoms with E-state index in [9.17, 15) is 14.7 Å². The lowest BCUT2D eigenvalue weighted by molar-refractivity contribution is -0.143. The number of aliphatic hydroxyl groups is 1. The lowest BCUT2D eigenvalue weighted by Crippen LogP contribution is -2.30. The minimum atomic E-state index is -0.840. The van der Waals surface area contributed by atoms with E-state index in [1.54, 1.807) is 0 Å². The second-order valence-corrected chi connectivity index (χ2v) is 3.71. The average molecular weight is 242 g/mol. The van der Waals surface area contributed by atoms with Crippen LogP contribution in [0.5, 0.6) is 0 Å². The zero-order valence-corrected chi connectivity index (χ0v) is 9.44.